The zero-order valence-corrected chi connectivity index (χ0v) is 11.3. The van der Waals surface area contributed by atoms with Crippen LogP contribution in [0.1, 0.15) is 31.9 Å². The van der Waals surface area contributed by atoms with Crippen molar-refractivity contribution in [2.45, 2.75) is 32.4 Å². The van der Waals surface area contributed by atoms with Gasteiger partial charge in [-0.2, -0.15) is 0 Å². The fourth-order valence-corrected chi connectivity index (χ4v) is 2.75. The van der Waals surface area contributed by atoms with Gasteiger partial charge < -0.3 is 9.90 Å². The van der Waals surface area contributed by atoms with Gasteiger partial charge in [-0.15, -0.1) is 0 Å². The van der Waals surface area contributed by atoms with Gasteiger partial charge in [0, 0.05) is 24.0 Å². The zero-order valence-electron chi connectivity index (χ0n) is 11.3. The van der Waals surface area contributed by atoms with Crippen molar-refractivity contribution in [2.24, 2.45) is 5.92 Å². The number of hydrogen-bond acceptors (Lipinski definition) is 3. The molecule has 92 valence electrons. The molecule has 0 bridgehead atoms. The average Bonchev–Trinajstić information content (AvgIpc) is 2.71. The Bertz CT molecular complexity index is 396. The molecule has 3 nitrogen and oxygen atoms in total. The molecular weight excluding hydrogens is 221 g/mol. The number of likely N-dealkylation sites (tertiary alicyclic amines) is 1. The molecule has 3 atom stereocenters. The Morgan fingerprint density at radius 1 is 1.39 bits per heavy atom. The van der Waals surface area contributed by atoms with Crippen LogP contribution in [0, 0.1) is 5.92 Å². The molecule has 4 heteroatoms. The molecule has 1 aromatic carbocycles. The Labute approximate surface area is 120 Å². The van der Waals surface area contributed by atoms with E-state index in [9.17, 15) is 9.90 Å². The summed E-state index contributed by atoms with van der Waals surface area (Å²) in [6, 6.07) is 10.5. The van der Waals surface area contributed by atoms with Crippen molar-refractivity contribution < 1.29 is 28.8 Å². The van der Waals surface area contributed by atoms with Crippen molar-refractivity contribution in [3.63, 3.8) is 0 Å². The molecule has 1 saturated heterocycles. The number of carboxylic acids is 1. The van der Waals surface area contributed by atoms with E-state index < -0.39 is 5.97 Å². The number of carbonyl (C=O) groups excluding carboxylic acids is 1. The van der Waals surface area contributed by atoms with E-state index >= 15 is 0 Å². The molecule has 2 rings (SSSR count). The van der Waals surface area contributed by atoms with E-state index in [1.165, 1.54) is 5.56 Å². The monoisotopic (exact) mass is 239 g/mol. The summed E-state index contributed by atoms with van der Waals surface area (Å²) in [7, 11) is 0. The third-order valence-corrected chi connectivity index (χ3v) is 3.89. The molecule has 1 aromatic rings. The third-order valence-electron chi connectivity index (χ3n) is 3.89. The predicted molar refractivity (Wildman–Crippen MR) is 64.1 cm³/mol. The minimum absolute atomic E-state index is 0. The van der Waals surface area contributed by atoms with Crippen molar-refractivity contribution in [2.75, 3.05) is 6.54 Å². The average molecular weight is 239 g/mol. The largest absolute Gasteiger partial charge is 1.00 e. The molecule has 1 fully saturated rings. The van der Waals surface area contributed by atoms with Gasteiger partial charge in [0.15, 0.2) is 0 Å². The Kier molecular flexibility index (Phi) is 5.46. The van der Waals surface area contributed by atoms with Gasteiger partial charge in [-0.1, -0.05) is 30.3 Å². The molecule has 0 saturated carbocycles. The second kappa shape index (κ2) is 6.42. The Morgan fingerprint density at radius 3 is 2.50 bits per heavy atom. The first-order valence-electron chi connectivity index (χ1n) is 6.13. The van der Waals surface area contributed by atoms with Crippen molar-refractivity contribution in [1.82, 2.24) is 4.90 Å². The van der Waals surface area contributed by atoms with Gasteiger partial charge in [0.2, 0.25) is 0 Å². The maximum Gasteiger partial charge on any atom is 1.00 e. The van der Waals surface area contributed by atoms with Crippen LogP contribution in [0.4, 0.5) is 0 Å². The zero-order chi connectivity index (χ0) is 12.4. The number of carboxylic acid groups (broad SMARTS) is 1. The molecule has 0 aromatic heterocycles. The van der Waals surface area contributed by atoms with Crippen LogP contribution >= 0.6 is 0 Å². The van der Waals surface area contributed by atoms with Crippen molar-refractivity contribution >= 4 is 5.97 Å². The summed E-state index contributed by atoms with van der Waals surface area (Å²) >= 11 is 0. The maximum absolute atomic E-state index is 11.0. The molecule has 0 N–H and O–H groups in total. The van der Waals surface area contributed by atoms with Gasteiger partial charge in [0.05, 0.1) is 0 Å². The predicted octanol–water partition coefficient (Wildman–Crippen LogP) is -1.79. The van der Waals surface area contributed by atoms with E-state index in [0.717, 1.165) is 6.54 Å². The fourth-order valence-electron chi connectivity index (χ4n) is 2.75. The number of aliphatic carboxylic acids is 1. The van der Waals surface area contributed by atoms with Crippen LogP contribution in [0.5, 0.6) is 0 Å². The smallest absolute Gasteiger partial charge is 0.550 e. The Balaban J connectivity index is 0.00000162. The second-order valence-electron chi connectivity index (χ2n) is 4.78. The molecule has 1 heterocycles. The number of benzene rings is 1. The Hall–Kier alpha value is -0.753. The molecule has 18 heavy (non-hydrogen) atoms. The van der Waals surface area contributed by atoms with Gasteiger partial charge >= 0.3 is 18.9 Å². The standard InChI is InChI=1S/C14H19NO2.Li/c1-10(12-6-4-3-5-7-12)15-9-8-13(11(15)2)14(16)17;/h3-7,10-11,13H,8-9H2,1-2H3,(H,16,17);/q;+1/p-1/t10-,11-,13-;/m0./s1. The number of carbonyl (C=O) groups is 1. The minimum Gasteiger partial charge on any atom is -0.550 e. The molecule has 0 radical (unpaired) electrons. The normalized spacial score (nSPS) is 25.4. The third kappa shape index (κ3) is 2.98. The van der Waals surface area contributed by atoms with E-state index in [2.05, 4.69) is 24.0 Å². The van der Waals surface area contributed by atoms with Crippen molar-refractivity contribution in [3.8, 4) is 0 Å². The van der Waals surface area contributed by atoms with E-state index in [1.54, 1.807) is 0 Å². The first kappa shape index (κ1) is 15.3. The van der Waals surface area contributed by atoms with Gasteiger partial charge in [-0.05, 0) is 32.4 Å². The van der Waals surface area contributed by atoms with Crippen LogP contribution in [0.2, 0.25) is 0 Å². The summed E-state index contributed by atoms with van der Waals surface area (Å²) in [5, 5.41) is 11.0. The fraction of sp³-hybridized carbons (Fsp3) is 0.500. The van der Waals surface area contributed by atoms with Crippen LogP contribution < -0.4 is 24.0 Å². The molecule has 0 spiro atoms. The van der Waals surface area contributed by atoms with E-state index in [0.29, 0.717) is 6.42 Å². The van der Waals surface area contributed by atoms with Gasteiger partial charge in [0.25, 0.3) is 0 Å². The molecule has 0 unspecified atom stereocenters. The summed E-state index contributed by atoms with van der Waals surface area (Å²) < 4.78 is 0. The summed E-state index contributed by atoms with van der Waals surface area (Å²) in [4.78, 5) is 13.2. The van der Waals surface area contributed by atoms with Crippen LogP contribution in [0.25, 0.3) is 0 Å². The van der Waals surface area contributed by atoms with Crippen molar-refractivity contribution in [1.29, 1.82) is 0 Å². The quantitative estimate of drug-likeness (QED) is 0.585. The topological polar surface area (TPSA) is 43.4 Å². The summed E-state index contributed by atoms with van der Waals surface area (Å²) in [5.74, 6) is -1.25. The Morgan fingerprint density at radius 2 is 2.00 bits per heavy atom. The SMILES string of the molecule is C[C@@H](c1ccccc1)N1CC[C@H](C(=O)[O-])[C@@H]1C.[Li+]. The molecule has 1 aliphatic heterocycles. The molecule has 1 aliphatic rings. The van der Waals surface area contributed by atoms with Crippen LogP contribution in [0.15, 0.2) is 30.3 Å². The maximum atomic E-state index is 11.0. The number of hydrogen-bond donors (Lipinski definition) is 0. The van der Waals surface area contributed by atoms with Crippen LogP contribution in [-0.4, -0.2) is 23.5 Å². The first-order valence-corrected chi connectivity index (χ1v) is 6.13. The number of nitrogens with zero attached hydrogens (tertiary/aromatic N) is 1. The summed E-state index contributed by atoms with van der Waals surface area (Å²) in [5.41, 5.74) is 1.23. The summed E-state index contributed by atoms with van der Waals surface area (Å²) in [6.07, 6.45) is 0.695. The number of rotatable bonds is 3. The summed E-state index contributed by atoms with van der Waals surface area (Å²) in [6.45, 7) is 4.94. The second-order valence-corrected chi connectivity index (χ2v) is 4.78. The molecule has 0 aliphatic carbocycles. The molecule has 0 amide bonds. The minimum atomic E-state index is -0.916. The van der Waals surface area contributed by atoms with E-state index in [-0.39, 0.29) is 36.9 Å². The molecular formula is C14H18LiNO2. The first-order chi connectivity index (χ1) is 8.11. The van der Waals surface area contributed by atoms with E-state index in [1.807, 2.05) is 25.1 Å². The van der Waals surface area contributed by atoms with Crippen molar-refractivity contribution in [3.05, 3.63) is 35.9 Å². The van der Waals surface area contributed by atoms with Gasteiger partial charge in [-0.3, -0.25) is 4.90 Å². The van der Waals surface area contributed by atoms with Crippen LogP contribution in [-0.2, 0) is 4.79 Å². The van der Waals surface area contributed by atoms with E-state index in [4.69, 9.17) is 0 Å². The van der Waals surface area contributed by atoms with Gasteiger partial charge in [-0.25, -0.2) is 0 Å². The van der Waals surface area contributed by atoms with Crippen LogP contribution in [0.3, 0.4) is 0 Å². The van der Waals surface area contributed by atoms with Gasteiger partial charge in [0.1, 0.15) is 0 Å².